The third kappa shape index (κ3) is 25.5. The van der Waals surface area contributed by atoms with Crippen molar-refractivity contribution in [2.75, 3.05) is 12.3 Å². The van der Waals surface area contributed by atoms with E-state index in [1.165, 1.54) is 130 Å². The van der Waals surface area contributed by atoms with Crippen molar-refractivity contribution in [3.8, 4) is 0 Å². The number of unbranched alkanes of at least 4 members (excludes halogenated alkanes) is 15. The second-order valence-electron chi connectivity index (χ2n) is 7.05. The molecular formula is C21H46IP. The molecule has 0 radical (unpaired) electrons. The van der Waals surface area contributed by atoms with Crippen LogP contribution in [0.25, 0.3) is 0 Å². The zero-order chi connectivity index (χ0) is 16.1. The van der Waals surface area contributed by atoms with Gasteiger partial charge in [0.2, 0.25) is 0 Å². The van der Waals surface area contributed by atoms with E-state index in [1.807, 2.05) is 0 Å². The van der Waals surface area contributed by atoms with Crippen molar-refractivity contribution in [2.24, 2.45) is 0 Å². The second-order valence-corrected chi connectivity index (χ2v) is 8.55. The van der Waals surface area contributed by atoms with Crippen LogP contribution in [-0.4, -0.2) is 12.3 Å². The molecule has 0 aromatic rings. The lowest BCUT2D eigenvalue weighted by molar-refractivity contribution is 0.555. The minimum absolute atomic E-state index is 0. The standard InChI is InChI=1S/C21H45P.HI/c1-3-5-7-9-11-12-13-14-15-17-19-21-22-20-18-16-10-8-6-4-2;/h22H,3-21H2,1-2H3;1H. The average Bonchev–Trinajstić information content (AvgIpc) is 2.54. The highest BCUT2D eigenvalue weighted by molar-refractivity contribution is 14.0. The summed E-state index contributed by atoms with van der Waals surface area (Å²) in [7, 11) is 1.26. The van der Waals surface area contributed by atoms with Crippen molar-refractivity contribution >= 4 is 32.6 Å². The predicted octanol–water partition coefficient (Wildman–Crippen LogP) is 8.95. The van der Waals surface area contributed by atoms with Crippen LogP contribution < -0.4 is 0 Å². The molecule has 0 saturated carbocycles. The van der Waals surface area contributed by atoms with Crippen LogP contribution in [-0.2, 0) is 0 Å². The van der Waals surface area contributed by atoms with Gasteiger partial charge in [0.25, 0.3) is 0 Å². The van der Waals surface area contributed by atoms with Crippen LogP contribution in [0.15, 0.2) is 0 Å². The van der Waals surface area contributed by atoms with Crippen LogP contribution in [0, 0.1) is 0 Å². The van der Waals surface area contributed by atoms with Crippen LogP contribution in [0.5, 0.6) is 0 Å². The van der Waals surface area contributed by atoms with Crippen molar-refractivity contribution in [3.05, 3.63) is 0 Å². The third-order valence-electron chi connectivity index (χ3n) is 4.66. The topological polar surface area (TPSA) is 0 Å². The first-order chi connectivity index (χ1) is 10.9. The van der Waals surface area contributed by atoms with Gasteiger partial charge in [-0.25, -0.2) is 0 Å². The molecule has 142 valence electrons. The maximum absolute atomic E-state index is 2.30. The Hall–Kier alpha value is 1.16. The Kier molecular flexibility index (Phi) is 29.1. The Bertz CT molecular complexity index is 165. The van der Waals surface area contributed by atoms with Gasteiger partial charge >= 0.3 is 0 Å². The number of hydrogen-bond acceptors (Lipinski definition) is 0. The summed E-state index contributed by atoms with van der Waals surface area (Å²) in [4.78, 5) is 0. The summed E-state index contributed by atoms with van der Waals surface area (Å²) in [5, 5.41) is 0. The van der Waals surface area contributed by atoms with E-state index in [1.54, 1.807) is 0 Å². The quantitative estimate of drug-likeness (QED) is 0.103. The Morgan fingerprint density at radius 1 is 0.391 bits per heavy atom. The minimum Gasteiger partial charge on any atom is -0.122 e. The highest BCUT2D eigenvalue weighted by Gasteiger charge is 1.94. The summed E-state index contributed by atoms with van der Waals surface area (Å²) in [6.07, 6.45) is 28.0. The van der Waals surface area contributed by atoms with Crippen molar-refractivity contribution in [2.45, 2.75) is 123 Å². The minimum atomic E-state index is 0. The van der Waals surface area contributed by atoms with Crippen LogP contribution in [0.2, 0.25) is 0 Å². The molecule has 0 fully saturated rings. The van der Waals surface area contributed by atoms with E-state index < -0.39 is 0 Å². The zero-order valence-electron chi connectivity index (χ0n) is 16.3. The van der Waals surface area contributed by atoms with Gasteiger partial charge in [-0.15, -0.1) is 32.6 Å². The fraction of sp³-hybridized carbons (Fsp3) is 1.00. The lowest BCUT2D eigenvalue weighted by atomic mass is 10.1. The van der Waals surface area contributed by atoms with Crippen molar-refractivity contribution < 1.29 is 0 Å². The van der Waals surface area contributed by atoms with E-state index in [0.717, 1.165) is 0 Å². The van der Waals surface area contributed by atoms with Crippen LogP contribution >= 0.6 is 32.6 Å². The van der Waals surface area contributed by atoms with E-state index in [9.17, 15) is 0 Å². The molecule has 1 unspecified atom stereocenters. The van der Waals surface area contributed by atoms with Crippen molar-refractivity contribution in [1.29, 1.82) is 0 Å². The fourth-order valence-corrected chi connectivity index (χ4v) is 4.32. The highest BCUT2D eigenvalue weighted by Crippen LogP contribution is 2.18. The molecule has 0 aliphatic heterocycles. The van der Waals surface area contributed by atoms with Gasteiger partial charge in [0.05, 0.1) is 0 Å². The Morgan fingerprint density at radius 2 is 0.652 bits per heavy atom. The summed E-state index contributed by atoms with van der Waals surface area (Å²) in [5.41, 5.74) is 0. The maximum atomic E-state index is 2.30. The number of hydrogen-bond donors (Lipinski definition) is 0. The zero-order valence-corrected chi connectivity index (χ0v) is 19.7. The molecule has 0 N–H and O–H groups in total. The molecule has 0 bridgehead atoms. The average molecular weight is 456 g/mol. The maximum Gasteiger partial charge on any atom is -0.0353 e. The van der Waals surface area contributed by atoms with Gasteiger partial charge in [0.1, 0.15) is 0 Å². The Labute approximate surface area is 167 Å². The number of halogens is 1. The summed E-state index contributed by atoms with van der Waals surface area (Å²) >= 11 is 0. The SMILES string of the molecule is CCCCCCCCCCCCCPCCCCCCCC.I. The van der Waals surface area contributed by atoms with E-state index >= 15 is 0 Å². The Morgan fingerprint density at radius 3 is 0.957 bits per heavy atom. The van der Waals surface area contributed by atoms with Gasteiger partial charge in [-0.3, -0.25) is 0 Å². The van der Waals surface area contributed by atoms with Crippen molar-refractivity contribution in [1.82, 2.24) is 0 Å². The van der Waals surface area contributed by atoms with Gasteiger partial charge in [0.15, 0.2) is 0 Å². The van der Waals surface area contributed by atoms with E-state index in [-0.39, 0.29) is 24.0 Å². The fourth-order valence-electron chi connectivity index (χ4n) is 3.07. The van der Waals surface area contributed by atoms with E-state index in [0.29, 0.717) is 0 Å². The summed E-state index contributed by atoms with van der Waals surface area (Å²) in [5.74, 6) is 0. The molecule has 0 aromatic carbocycles. The lowest BCUT2D eigenvalue weighted by Gasteiger charge is -2.04. The van der Waals surface area contributed by atoms with Crippen LogP contribution in [0.3, 0.4) is 0 Å². The number of rotatable bonds is 19. The molecule has 0 spiro atoms. The molecule has 1 atom stereocenters. The first-order valence-electron chi connectivity index (χ1n) is 10.6. The first-order valence-corrected chi connectivity index (χ1v) is 12.0. The van der Waals surface area contributed by atoms with Gasteiger partial charge in [0, 0.05) is 0 Å². The molecule has 2 heteroatoms. The molecule has 0 nitrogen and oxygen atoms in total. The molecule has 0 heterocycles. The van der Waals surface area contributed by atoms with Crippen molar-refractivity contribution in [3.63, 3.8) is 0 Å². The van der Waals surface area contributed by atoms with Crippen LogP contribution in [0.4, 0.5) is 0 Å². The molecule has 0 aromatic heterocycles. The van der Waals surface area contributed by atoms with Gasteiger partial charge in [-0.05, 0) is 25.2 Å². The van der Waals surface area contributed by atoms with Crippen LogP contribution in [0.1, 0.15) is 123 Å². The monoisotopic (exact) mass is 456 g/mol. The van der Waals surface area contributed by atoms with E-state index in [4.69, 9.17) is 0 Å². The molecule has 0 rings (SSSR count). The molecular weight excluding hydrogens is 410 g/mol. The lowest BCUT2D eigenvalue weighted by Crippen LogP contribution is -1.85. The van der Waals surface area contributed by atoms with Gasteiger partial charge < -0.3 is 0 Å². The molecule has 0 aliphatic carbocycles. The van der Waals surface area contributed by atoms with E-state index in [2.05, 4.69) is 13.8 Å². The molecule has 0 saturated heterocycles. The summed E-state index contributed by atoms with van der Waals surface area (Å²) in [6, 6.07) is 0. The highest BCUT2D eigenvalue weighted by atomic mass is 127. The molecule has 0 amide bonds. The summed E-state index contributed by atoms with van der Waals surface area (Å²) in [6.45, 7) is 4.60. The second kappa shape index (κ2) is 25.4. The van der Waals surface area contributed by atoms with Gasteiger partial charge in [-0.2, -0.15) is 0 Å². The normalized spacial score (nSPS) is 11.2. The largest absolute Gasteiger partial charge is 0.122 e. The predicted molar refractivity (Wildman–Crippen MR) is 123 cm³/mol. The first kappa shape index (κ1) is 26.4. The molecule has 0 aliphatic rings. The smallest absolute Gasteiger partial charge is 0.0353 e. The molecule has 23 heavy (non-hydrogen) atoms. The Balaban J connectivity index is 0. The summed E-state index contributed by atoms with van der Waals surface area (Å²) < 4.78 is 0. The third-order valence-corrected chi connectivity index (χ3v) is 6.08. The van der Waals surface area contributed by atoms with Gasteiger partial charge in [-0.1, -0.05) is 110 Å².